The SMILES string of the molecule is C=N/C(=C\C(=NCc1ccccc1)c1ccccc1)c1ccc(N2c3ccccc3Cc3c2c2c(c4ccccc34)-c3ccccc3C2)cc1. The minimum atomic E-state index is 0.585. The molecule has 1 heterocycles. The van der Waals surface area contributed by atoms with Gasteiger partial charge in [0.2, 0.25) is 0 Å². The fourth-order valence-corrected chi connectivity index (χ4v) is 7.77. The maximum absolute atomic E-state index is 5.04. The molecule has 50 heavy (non-hydrogen) atoms. The number of allylic oxidation sites excluding steroid dienone is 1. The van der Waals surface area contributed by atoms with Gasteiger partial charge in [0, 0.05) is 29.8 Å². The number of hydrogen-bond donors (Lipinski definition) is 0. The summed E-state index contributed by atoms with van der Waals surface area (Å²) in [5.41, 5.74) is 16.8. The van der Waals surface area contributed by atoms with Crippen LogP contribution in [0.4, 0.5) is 17.1 Å². The second-order valence-corrected chi connectivity index (χ2v) is 13.0. The summed E-state index contributed by atoms with van der Waals surface area (Å²) in [7, 11) is 0. The monoisotopic (exact) mass is 641 g/mol. The van der Waals surface area contributed by atoms with Crippen LogP contribution in [0.1, 0.15) is 38.9 Å². The highest BCUT2D eigenvalue weighted by Crippen LogP contribution is 2.54. The zero-order valence-corrected chi connectivity index (χ0v) is 27.8. The molecule has 0 bridgehead atoms. The Morgan fingerprint density at radius 1 is 0.600 bits per heavy atom. The molecule has 7 aromatic rings. The van der Waals surface area contributed by atoms with Gasteiger partial charge in [0.25, 0.3) is 0 Å². The highest BCUT2D eigenvalue weighted by atomic mass is 15.2. The normalized spacial score (nSPS) is 13.4. The molecule has 0 amide bonds. The minimum Gasteiger partial charge on any atom is -0.310 e. The van der Waals surface area contributed by atoms with Crippen molar-refractivity contribution in [3.8, 4) is 11.1 Å². The third kappa shape index (κ3) is 5.15. The number of benzene rings is 7. The van der Waals surface area contributed by atoms with Crippen LogP contribution in [0, 0.1) is 0 Å². The molecule has 3 heteroatoms. The van der Waals surface area contributed by atoms with Crippen molar-refractivity contribution in [3.63, 3.8) is 0 Å². The lowest BCUT2D eigenvalue weighted by Crippen LogP contribution is -2.20. The Morgan fingerprint density at radius 2 is 1.24 bits per heavy atom. The van der Waals surface area contributed by atoms with E-state index in [2.05, 4.69) is 156 Å². The van der Waals surface area contributed by atoms with E-state index >= 15 is 0 Å². The van der Waals surface area contributed by atoms with Crippen LogP contribution in [0.25, 0.3) is 27.6 Å². The van der Waals surface area contributed by atoms with Gasteiger partial charge in [0.1, 0.15) is 0 Å². The molecule has 0 fully saturated rings. The summed E-state index contributed by atoms with van der Waals surface area (Å²) in [4.78, 5) is 12.0. The Kier molecular flexibility index (Phi) is 7.51. The third-order valence-corrected chi connectivity index (χ3v) is 10.1. The first-order valence-electron chi connectivity index (χ1n) is 17.2. The van der Waals surface area contributed by atoms with Gasteiger partial charge >= 0.3 is 0 Å². The maximum atomic E-state index is 5.04. The van der Waals surface area contributed by atoms with E-state index in [-0.39, 0.29) is 0 Å². The van der Waals surface area contributed by atoms with Crippen molar-refractivity contribution in [2.45, 2.75) is 19.4 Å². The molecule has 0 saturated carbocycles. The maximum Gasteiger partial charge on any atom is 0.0716 e. The van der Waals surface area contributed by atoms with Crippen LogP contribution in [0.3, 0.4) is 0 Å². The van der Waals surface area contributed by atoms with E-state index in [1.165, 1.54) is 55.5 Å². The Hall–Kier alpha value is -6.32. The van der Waals surface area contributed by atoms with Gasteiger partial charge in [-0.2, -0.15) is 0 Å². The van der Waals surface area contributed by atoms with E-state index in [9.17, 15) is 0 Å². The van der Waals surface area contributed by atoms with E-state index in [1.807, 2.05) is 24.3 Å². The van der Waals surface area contributed by atoms with E-state index in [0.29, 0.717) is 6.54 Å². The standard InChI is InChI=1S/C47H35N3/c1-48-43(30-44(33-16-6-3-7-17-33)49-31-32-14-4-2-5-15-32)34-24-26-37(27-25-34)50-45-23-13-9-19-36(45)29-41-39-21-11-12-22-40(39)46-38-20-10-8-18-35(38)28-42(46)47(41)50/h2-27,30H,1,28-29,31H2/b43-30-,49-44?. The summed E-state index contributed by atoms with van der Waals surface area (Å²) in [6.45, 7) is 4.56. The van der Waals surface area contributed by atoms with Crippen molar-refractivity contribution in [3.05, 3.63) is 203 Å². The van der Waals surface area contributed by atoms with Gasteiger partial charge < -0.3 is 4.90 Å². The zero-order chi connectivity index (χ0) is 33.4. The van der Waals surface area contributed by atoms with Gasteiger partial charge in [-0.1, -0.05) is 140 Å². The third-order valence-electron chi connectivity index (χ3n) is 10.1. The summed E-state index contributed by atoms with van der Waals surface area (Å²) in [6.07, 6.45) is 3.89. The quantitative estimate of drug-likeness (QED) is 0.159. The topological polar surface area (TPSA) is 28.0 Å². The lowest BCUT2D eigenvalue weighted by molar-refractivity contribution is 1.07. The number of para-hydroxylation sites is 1. The van der Waals surface area contributed by atoms with E-state index in [4.69, 9.17) is 4.99 Å². The number of fused-ring (bicyclic) bond motifs is 9. The number of nitrogens with zero attached hydrogens (tertiary/aromatic N) is 3. The van der Waals surface area contributed by atoms with Crippen LogP contribution < -0.4 is 4.90 Å². The summed E-state index contributed by atoms with van der Waals surface area (Å²) in [5.74, 6) is 0. The second kappa shape index (κ2) is 12.6. The molecule has 0 saturated heterocycles. The number of aliphatic imine (C=N–C) groups is 2. The average molecular weight is 642 g/mol. The molecule has 0 atom stereocenters. The zero-order valence-electron chi connectivity index (χ0n) is 27.8. The lowest BCUT2D eigenvalue weighted by Gasteiger charge is -2.36. The molecule has 1 aliphatic heterocycles. The van der Waals surface area contributed by atoms with Crippen molar-refractivity contribution in [1.82, 2.24) is 0 Å². The molecule has 9 rings (SSSR count). The molecular formula is C47H35N3. The minimum absolute atomic E-state index is 0.585. The van der Waals surface area contributed by atoms with Crippen molar-refractivity contribution >= 4 is 46.0 Å². The summed E-state index contributed by atoms with van der Waals surface area (Å²) in [6, 6.07) is 56.2. The van der Waals surface area contributed by atoms with Crippen LogP contribution in [0.15, 0.2) is 174 Å². The van der Waals surface area contributed by atoms with Crippen molar-refractivity contribution in [2.24, 2.45) is 9.98 Å². The number of hydrogen-bond acceptors (Lipinski definition) is 3. The van der Waals surface area contributed by atoms with Crippen LogP contribution in [0.2, 0.25) is 0 Å². The molecule has 7 aromatic carbocycles. The Labute approximate surface area is 293 Å². The first-order chi connectivity index (χ1) is 24.8. The summed E-state index contributed by atoms with van der Waals surface area (Å²) < 4.78 is 0. The lowest BCUT2D eigenvalue weighted by atomic mass is 9.85. The number of anilines is 3. The first kappa shape index (κ1) is 29.8. The fourth-order valence-electron chi connectivity index (χ4n) is 7.77. The number of rotatable bonds is 7. The van der Waals surface area contributed by atoms with Gasteiger partial charge in [-0.25, -0.2) is 0 Å². The molecule has 0 aromatic heterocycles. The molecule has 0 spiro atoms. The first-order valence-corrected chi connectivity index (χ1v) is 17.2. The van der Waals surface area contributed by atoms with Crippen LogP contribution in [-0.4, -0.2) is 12.4 Å². The van der Waals surface area contributed by atoms with Gasteiger partial charge in [0.15, 0.2) is 0 Å². The second-order valence-electron chi connectivity index (χ2n) is 13.0. The van der Waals surface area contributed by atoms with E-state index in [0.717, 1.165) is 46.6 Å². The average Bonchev–Trinajstić information content (AvgIpc) is 3.58. The Balaban J connectivity index is 1.16. The summed E-state index contributed by atoms with van der Waals surface area (Å²) >= 11 is 0. The largest absolute Gasteiger partial charge is 0.310 e. The van der Waals surface area contributed by atoms with Crippen LogP contribution in [0.5, 0.6) is 0 Å². The van der Waals surface area contributed by atoms with E-state index < -0.39 is 0 Å². The van der Waals surface area contributed by atoms with E-state index in [1.54, 1.807) is 0 Å². The molecular weight excluding hydrogens is 607 g/mol. The molecule has 0 radical (unpaired) electrons. The van der Waals surface area contributed by atoms with Crippen molar-refractivity contribution < 1.29 is 0 Å². The van der Waals surface area contributed by atoms with Crippen molar-refractivity contribution in [2.75, 3.05) is 4.90 Å². The van der Waals surface area contributed by atoms with Gasteiger partial charge in [-0.05, 0) is 86.3 Å². The Morgan fingerprint density at radius 3 is 2.02 bits per heavy atom. The highest BCUT2D eigenvalue weighted by molar-refractivity contribution is 6.12. The molecule has 0 unspecified atom stereocenters. The molecule has 2 aliphatic rings. The van der Waals surface area contributed by atoms with Gasteiger partial charge in [-0.3, -0.25) is 9.98 Å². The van der Waals surface area contributed by atoms with Gasteiger partial charge in [-0.15, -0.1) is 0 Å². The molecule has 1 aliphatic carbocycles. The smallest absolute Gasteiger partial charge is 0.0716 e. The summed E-state index contributed by atoms with van der Waals surface area (Å²) in [5, 5.41) is 2.68. The van der Waals surface area contributed by atoms with Crippen LogP contribution in [-0.2, 0) is 19.4 Å². The van der Waals surface area contributed by atoms with Gasteiger partial charge in [0.05, 0.1) is 23.6 Å². The molecule has 0 N–H and O–H groups in total. The predicted molar refractivity (Wildman–Crippen MR) is 210 cm³/mol. The Bertz CT molecular complexity index is 2460. The molecule has 238 valence electrons. The molecule has 3 nitrogen and oxygen atoms in total. The predicted octanol–water partition coefficient (Wildman–Crippen LogP) is 11.5. The fraction of sp³-hybridized carbons (Fsp3) is 0.0638. The van der Waals surface area contributed by atoms with Crippen molar-refractivity contribution in [1.29, 1.82) is 0 Å². The highest BCUT2D eigenvalue weighted by Gasteiger charge is 2.33. The van der Waals surface area contributed by atoms with Crippen LogP contribution >= 0.6 is 0 Å².